The van der Waals surface area contributed by atoms with Crippen LogP contribution in [0.5, 0.6) is 0 Å². The van der Waals surface area contributed by atoms with E-state index in [0.717, 1.165) is 0 Å². The van der Waals surface area contributed by atoms with E-state index in [1.807, 2.05) is 0 Å². The zero-order valence-corrected chi connectivity index (χ0v) is 2.32. The molecule has 0 aromatic carbocycles. The number of hydrogen-bond acceptors (Lipinski definition) is 1. The minimum atomic E-state index is 0. The summed E-state index contributed by atoms with van der Waals surface area (Å²) in [7, 11) is 0. The maximum Gasteiger partial charge on any atom is 0.00772 e. The van der Waals surface area contributed by atoms with Gasteiger partial charge >= 0.3 is 0 Å². The van der Waals surface area contributed by atoms with Gasteiger partial charge in [0.1, 0.15) is 0 Å². The fourth-order valence-electron chi connectivity index (χ4n) is 0. The summed E-state index contributed by atoms with van der Waals surface area (Å²) in [5.74, 6) is 0. The SMILES string of the molecule is C1CN1.[O]. The molecule has 1 fully saturated rings. The molecule has 1 saturated heterocycles. The van der Waals surface area contributed by atoms with Gasteiger partial charge in [-0.3, -0.25) is 0 Å². The second kappa shape index (κ2) is 1.26. The third-order valence-corrected chi connectivity index (χ3v) is 0.250. The van der Waals surface area contributed by atoms with Crippen LogP contribution in [0.25, 0.3) is 0 Å². The Morgan fingerprint density at radius 2 is 1.50 bits per heavy atom. The van der Waals surface area contributed by atoms with Crippen LogP contribution in [0.15, 0.2) is 0 Å². The second-order valence-electron chi connectivity index (χ2n) is 0.750. The van der Waals surface area contributed by atoms with E-state index in [0.29, 0.717) is 0 Å². The van der Waals surface area contributed by atoms with E-state index in [1.165, 1.54) is 13.1 Å². The van der Waals surface area contributed by atoms with Gasteiger partial charge in [-0.15, -0.1) is 0 Å². The zero-order valence-electron chi connectivity index (χ0n) is 2.32. The Kier molecular flexibility index (Phi) is 1.24. The van der Waals surface area contributed by atoms with Gasteiger partial charge in [0.15, 0.2) is 0 Å². The molecule has 0 bridgehead atoms. The molecule has 0 unspecified atom stereocenters. The third kappa shape index (κ3) is 1.92. The first-order valence-corrected chi connectivity index (χ1v) is 1.21. The number of nitrogens with one attached hydrogen (secondary N) is 1. The largest absolute Gasteiger partial charge is 0.314 e. The van der Waals surface area contributed by atoms with Crippen molar-refractivity contribution in [2.45, 2.75) is 0 Å². The molecule has 0 aromatic heterocycles. The highest BCUT2D eigenvalue weighted by atomic mass is 16.0. The van der Waals surface area contributed by atoms with Crippen molar-refractivity contribution in [2.24, 2.45) is 0 Å². The van der Waals surface area contributed by atoms with Crippen LogP contribution < -0.4 is 5.32 Å². The predicted octanol–water partition coefficient (Wildman–Crippen LogP) is -0.529. The zero-order chi connectivity index (χ0) is 2.12. The summed E-state index contributed by atoms with van der Waals surface area (Å²) in [4.78, 5) is 0. The average molecular weight is 59.1 g/mol. The van der Waals surface area contributed by atoms with Gasteiger partial charge in [0.2, 0.25) is 0 Å². The van der Waals surface area contributed by atoms with E-state index in [4.69, 9.17) is 0 Å². The monoisotopic (exact) mass is 59.0 g/mol. The molecule has 2 radical (unpaired) electrons. The van der Waals surface area contributed by atoms with Crippen LogP contribution in [0.4, 0.5) is 0 Å². The van der Waals surface area contributed by atoms with Crippen LogP contribution >= 0.6 is 0 Å². The summed E-state index contributed by atoms with van der Waals surface area (Å²) >= 11 is 0. The van der Waals surface area contributed by atoms with E-state index in [-0.39, 0.29) is 5.48 Å². The molecular weight excluding hydrogens is 54.0 g/mol. The maximum atomic E-state index is 3.00. The lowest BCUT2D eigenvalue weighted by atomic mass is 11.0. The Bertz CT molecular complexity index is 10.8. The summed E-state index contributed by atoms with van der Waals surface area (Å²) in [6.45, 7) is 2.50. The van der Waals surface area contributed by atoms with E-state index in [9.17, 15) is 0 Å². The highest BCUT2D eigenvalue weighted by molar-refractivity contribution is 4.58. The van der Waals surface area contributed by atoms with Crippen molar-refractivity contribution >= 4 is 0 Å². The van der Waals surface area contributed by atoms with Crippen molar-refractivity contribution in [3.63, 3.8) is 0 Å². The van der Waals surface area contributed by atoms with Crippen molar-refractivity contribution in [1.29, 1.82) is 0 Å². The van der Waals surface area contributed by atoms with Gasteiger partial charge in [0, 0.05) is 18.6 Å². The topological polar surface area (TPSA) is 50.4 Å². The standard InChI is InChI=1S/C2H5N.O/c1-2-3-1;/h3H,1-2H2;. The number of hydrogen-bond donors (Lipinski definition) is 1. The van der Waals surface area contributed by atoms with Crippen LogP contribution in [0.3, 0.4) is 0 Å². The molecule has 1 aliphatic rings. The van der Waals surface area contributed by atoms with Crippen molar-refractivity contribution < 1.29 is 5.48 Å². The normalized spacial score (nSPS) is 18.0. The first kappa shape index (κ1) is 3.92. The van der Waals surface area contributed by atoms with Crippen LogP contribution in [-0.2, 0) is 5.48 Å². The molecule has 2 nitrogen and oxygen atoms in total. The average Bonchev–Trinajstić information content (AvgIpc) is 1.46. The van der Waals surface area contributed by atoms with Crippen molar-refractivity contribution in [2.75, 3.05) is 13.1 Å². The van der Waals surface area contributed by atoms with E-state index >= 15 is 0 Å². The molecule has 0 amide bonds. The smallest absolute Gasteiger partial charge is 0.00772 e. The summed E-state index contributed by atoms with van der Waals surface area (Å²) in [5.41, 5.74) is 0. The molecule has 0 aromatic rings. The molecule has 2 heteroatoms. The van der Waals surface area contributed by atoms with Gasteiger partial charge in [-0.05, 0) is 0 Å². The van der Waals surface area contributed by atoms with Crippen molar-refractivity contribution in [3.8, 4) is 0 Å². The Labute approximate surface area is 25.1 Å². The minimum Gasteiger partial charge on any atom is -0.314 e. The Balaban J connectivity index is 0.0000000900. The molecule has 0 aliphatic carbocycles. The van der Waals surface area contributed by atoms with Crippen LogP contribution in [-0.4, -0.2) is 13.1 Å². The van der Waals surface area contributed by atoms with Gasteiger partial charge in [-0.2, -0.15) is 0 Å². The fraction of sp³-hybridized carbons (Fsp3) is 1.00. The summed E-state index contributed by atoms with van der Waals surface area (Å²) < 4.78 is 0. The van der Waals surface area contributed by atoms with Crippen LogP contribution in [0.1, 0.15) is 0 Å². The Morgan fingerprint density at radius 1 is 1.25 bits per heavy atom. The minimum absolute atomic E-state index is 0. The van der Waals surface area contributed by atoms with Gasteiger partial charge in [0.25, 0.3) is 0 Å². The van der Waals surface area contributed by atoms with E-state index in [1.54, 1.807) is 0 Å². The molecule has 1 heterocycles. The highest BCUT2D eigenvalue weighted by Gasteiger charge is 1.91. The lowest BCUT2D eigenvalue weighted by Gasteiger charge is -1.21. The molecule has 0 saturated carbocycles. The van der Waals surface area contributed by atoms with Gasteiger partial charge in [-0.1, -0.05) is 0 Å². The lowest BCUT2D eigenvalue weighted by molar-refractivity contribution is 0.686. The van der Waals surface area contributed by atoms with Gasteiger partial charge in [0.05, 0.1) is 0 Å². The van der Waals surface area contributed by atoms with Crippen molar-refractivity contribution in [3.05, 3.63) is 0 Å². The highest BCUT2D eigenvalue weighted by Crippen LogP contribution is 1.65. The third-order valence-electron chi connectivity index (χ3n) is 0.250. The summed E-state index contributed by atoms with van der Waals surface area (Å²) in [5, 5.41) is 3.00. The summed E-state index contributed by atoms with van der Waals surface area (Å²) in [6, 6.07) is 0. The first-order valence-electron chi connectivity index (χ1n) is 1.21. The lowest BCUT2D eigenvalue weighted by Crippen LogP contribution is -1.56. The maximum absolute atomic E-state index is 3.00. The van der Waals surface area contributed by atoms with Gasteiger partial charge in [-0.25, -0.2) is 0 Å². The van der Waals surface area contributed by atoms with Crippen LogP contribution in [0, 0.1) is 0 Å². The molecule has 1 aliphatic heterocycles. The second-order valence-corrected chi connectivity index (χ2v) is 0.750. The predicted molar refractivity (Wildman–Crippen MR) is 13.6 cm³/mol. The fourth-order valence-corrected chi connectivity index (χ4v) is 0. The molecule has 24 valence electrons. The molecule has 1 N–H and O–H groups in total. The summed E-state index contributed by atoms with van der Waals surface area (Å²) in [6.07, 6.45) is 0. The quantitative estimate of drug-likeness (QED) is 0.375. The van der Waals surface area contributed by atoms with Crippen LogP contribution in [0.2, 0.25) is 0 Å². The first-order chi connectivity index (χ1) is 1.50. The Morgan fingerprint density at radius 3 is 1.50 bits per heavy atom. The molecule has 1 rings (SSSR count). The molecular formula is C2H5NO. The van der Waals surface area contributed by atoms with Crippen molar-refractivity contribution in [1.82, 2.24) is 5.32 Å². The van der Waals surface area contributed by atoms with E-state index in [2.05, 4.69) is 5.32 Å². The number of rotatable bonds is 0. The molecule has 4 heavy (non-hydrogen) atoms. The van der Waals surface area contributed by atoms with E-state index < -0.39 is 0 Å². The van der Waals surface area contributed by atoms with Gasteiger partial charge < -0.3 is 5.32 Å². The Hall–Kier alpha value is -0.0800. The molecule has 0 atom stereocenters. The molecule has 0 spiro atoms.